The molecule has 1 saturated heterocycles. The second-order valence-corrected chi connectivity index (χ2v) is 13.5. The van der Waals surface area contributed by atoms with Gasteiger partial charge in [-0.15, -0.1) is 11.6 Å². The maximum atomic E-state index is 12.9. The van der Waals surface area contributed by atoms with Gasteiger partial charge in [0.2, 0.25) is 0 Å². The van der Waals surface area contributed by atoms with Gasteiger partial charge >= 0.3 is 0 Å². The zero-order valence-corrected chi connectivity index (χ0v) is 16.8. The van der Waals surface area contributed by atoms with Crippen molar-refractivity contribution in [3.05, 3.63) is 12.2 Å². The lowest BCUT2D eigenvalue weighted by Crippen LogP contribution is -2.48. The molecule has 2 nitrogen and oxygen atoms in total. The van der Waals surface area contributed by atoms with Crippen LogP contribution < -0.4 is 0 Å². The van der Waals surface area contributed by atoms with E-state index in [2.05, 4.69) is 33.0 Å². The molecule has 0 amide bonds. The van der Waals surface area contributed by atoms with Crippen LogP contribution in [0.2, 0.25) is 19.1 Å². The molecule has 130 valence electrons. The van der Waals surface area contributed by atoms with Gasteiger partial charge in [0.1, 0.15) is 5.78 Å². The minimum atomic E-state index is -1.65. The highest BCUT2D eigenvalue weighted by Gasteiger charge is 2.76. The van der Waals surface area contributed by atoms with Crippen molar-refractivity contribution in [3.8, 4) is 0 Å². The summed E-state index contributed by atoms with van der Waals surface area (Å²) >= 11 is 5.67. The first-order valence-electron chi connectivity index (χ1n) is 9.17. The first-order chi connectivity index (χ1) is 10.7. The highest BCUT2D eigenvalue weighted by molar-refractivity contribution is 6.71. The average Bonchev–Trinajstić information content (AvgIpc) is 2.88. The summed E-state index contributed by atoms with van der Waals surface area (Å²) in [6.07, 6.45) is 9.21. The Morgan fingerprint density at radius 2 is 2.09 bits per heavy atom. The minimum absolute atomic E-state index is 0.0224. The van der Waals surface area contributed by atoms with Crippen LogP contribution in [0.3, 0.4) is 0 Å². The molecular weight excluding hydrogens is 324 g/mol. The number of carbonyl (C=O) groups excluding carboxylic acids is 1. The molecule has 1 spiro atoms. The Morgan fingerprint density at radius 3 is 2.78 bits per heavy atom. The van der Waals surface area contributed by atoms with Gasteiger partial charge in [0, 0.05) is 24.1 Å². The Labute approximate surface area is 147 Å². The molecular formula is C19H31ClO2Si. The fourth-order valence-corrected chi connectivity index (χ4v) is 8.93. The Bertz CT molecular complexity index is 513. The van der Waals surface area contributed by atoms with Gasteiger partial charge in [-0.05, 0) is 56.2 Å². The highest BCUT2D eigenvalue weighted by atomic mass is 35.5. The summed E-state index contributed by atoms with van der Waals surface area (Å²) in [5.41, 5.74) is 0.216. The number of Topliss-reactive ketones (excluding diaryl/α,β-unsaturated/α-hetero) is 1. The summed E-state index contributed by atoms with van der Waals surface area (Å²) in [7, 11) is -1.65. The van der Waals surface area contributed by atoms with Crippen molar-refractivity contribution in [1.29, 1.82) is 0 Å². The molecule has 0 aromatic rings. The first-order valence-corrected chi connectivity index (χ1v) is 12.8. The van der Waals surface area contributed by atoms with E-state index in [4.69, 9.17) is 16.0 Å². The summed E-state index contributed by atoms with van der Waals surface area (Å²) in [6, 6.07) is 1.16. The van der Waals surface area contributed by atoms with E-state index < -0.39 is 8.32 Å². The van der Waals surface area contributed by atoms with Gasteiger partial charge < -0.3 is 4.43 Å². The summed E-state index contributed by atoms with van der Waals surface area (Å²) in [5, 5.41) is 0. The van der Waals surface area contributed by atoms with Crippen molar-refractivity contribution in [2.75, 3.05) is 5.88 Å². The lowest BCUT2D eigenvalue weighted by Gasteiger charge is -2.43. The SMILES string of the molecule is CC1(C)[C@H]2CC(=O)C(CCC/C=C/CCl)[C@H]3C[C@]21O[Si](C)(C)C3. The highest BCUT2D eigenvalue weighted by Crippen LogP contribution is 2.72. The molecule has 0 N–H and O–H groups in total. The van der Waals surface area contributed by atoms with Crippen molar-refractivity contribution >= 4 is 25.7 Å². The summed E-state index contributed by atoms with van der Waals surface area (Å²) < 4.78 is 6.72. The number of halogens is 1. The summed E-state index contributed by atoms with van der Waals surface area (Å²) in [6.45, 7) is 9.33. The Balaban J connectivity index is 1.74. The van der Waals surface area contributed by atoms with E-state index in [-0.39, 0.29) is 16.9 Å². The van der Waals surface area contributed by atoms with Gasteiger partial charge in [-0.25, -0.2) is 0 Å². The first kappa shape index (κ1) is 17.7. The molecule has 3 aliphatic rings. The third-order valence-corrected chi connectivity index (χ3v) is 9.35. The maximum Gasteiger partial charge on any atom is 0.187 e. The lowest BCUT2D eigenvalue weighted by atomic mass is 9.80. The fraction of sp³-hybridized carbons (Fsp3) is 0.842. The predicted octanol–water partition coefficient (Wildman–Crippen LogP) is 5.18. The summed E-state index contributed by atoms with van der Waals surface area (Å²) in [4.78, 5) is 12.9. The third kappa shape index (κ3) is 2.98. The number of alkyl halides is 1. The van der Waals surface area contributed by atoms with Crippen molar-refractivity contribution < 1.29 is 9.22 Å². The van der Waals surface area contributed by atoms with Crippen LogP contribution in [0, 0.1) is 23.2 Å². The second-order valence-electron chi connectivity index (χ2n) is 9.03. The minimum Gasteiger partial charge on any atom is -0.411 e. The van der Waals surface area contributed by atoms with E-state index in [1.54, 1.807) is 0 Å². The molecule has 1 unspecified atom stereocenters. The molecule has 1 heterocycles. The van der Waals surface area contributed by atoms with Crippen LogP contribution in [-0.2, 0) is 9.22 Å². The Hall–Kier alpha value is -0.123. The van der Waals surface area contributed by atoms with Crippen LogP contribution in [0.5, 0.6) is 0 Å². The van der Waals surface area contributed by atoms with Crippen molar-refractivity contribution in [2.24, 2.45) is 23.2 Å². The quantitative estimate of drug-likeness (QED) is 0.294. The van der Waals surface area contributed by atoms with E-state index in [0.29, 0.717) is 23.5 Å². The average molecular weight is 355 g/mol. The number of hydrogen-bond acceptors (Lipinski definition) is 2. The molecule has 3 fully saturated rings. The van der Waals surface area contributed by atoms with Gasteiger partial charge in [-0.1, -0.05) is 26.0 Å². The number of unbranched alkanes of at least 4 members (excludes halogenated alkanes) is 1. The summed E-state index contributed by atoms with van der Waals surface area (Å²) in [5.74, 6) is 2.39. The third-order valence-electron chi connectivity index (χ3n) is 6.75. The molecule has 1 aliphatic heterocycles. The number of hydrogen-bond donors (Lipinski definition) is 0. The van der Waals surface area contributed by atoms with Crippen LogP contribution in [0.4, 0.5) is 0 Å². The van der Waals surface area contributed by atoms with Crippen molar-refractivity contribution in [1.82, 2.24) is 0 Å². The van der Waals surface area contributed by atoms with E-state index >= 15 is 0 Å². The van der Waals surface area contributed by atoms with Crippen LogP contribution in [0.1, 0.15) is 46.0 Å². The molecule has 0 aromatic heterocycles. The molecule has 0 radical (unpaired) electrons. The van der Waals surface area contributed by atoms with Gasteiger partial charge in [0.25, 0.3) is 0 Å². The van der Waals surface area contributed by atoms with Crippen LogP contribution in [-0.4, -0.2) is 25.6 Å². The Kier molecular flexibility index (Phi) is 4.61. The molecule has 4 heteroatoms. The van der Waals surface area contributed by atoms with Crippen LogP contribution in [0.15, 0.2) is 12.2 Å². The van der Waals surface area contributed by atoms with Crippen molar-refractivity contribution in [2.45, 2.75) is 70.7 Å². The number of rotatable bonds is 5. The van der Waals surface area contributed by atoms with Gasteiger partial charge in [-0.3, -0.25) is 4.79 Å². The normalized spacial score (nSPS) is 40.7. The van der Waals surface area contributed by atoms with Gasteiger partial charge in [0.05, 0.1) is 5.60 Å². The molecule has 3 rings (SSSR count). The monoisotopic (exact) mass is 354 g/mol. The topological polar surface area (TPSA) is 26.3 Å². The maximum absolute atomic E-state index is 12.9. The van der Waals surface area contributed by atoms with E-state index in [9.17, 15) is 4.79 Å². The van der Waals surface area contributed by atoms with Crippen LogP contribution >= 0.6 is 11.6 Å². The molecule has 4 atom stereocenters. The molecule has 2 saturated carbocycles. The molecule has 0 aromatic carbocycles. The zero-order valence-electron chi connectivity index (χ0n) is 15.0. The standard InChI is InChI=1S/C19H31ClO2Si/c1-18(2)17-11-16(21)15(9-7-5-6-8-10-20)14-12-19(17,18)22-23(3,4)13-14/h6,8,14-15,17H,5,7,9-13H2,1-4H3/b8-6+/t14-,15?,17+,19-/m0/s1. The van der Waals surface area contributed by atoms with E-state index in [1.807, 2.05) is 6.08 Å². The largest absolute Gasteiger partial charge is 0.411 e. The second kappa shape index (κ2) is 6.00. The number of allylic oxidation sites excluding steroid dienone is 2. The molecule has 2 aliphatic carbocycles. The van der Waals surface area contributed by atoms with E-state index in [0.717, 1.165) is 38.1 Å². The number of carbonyl (C=O) groups is 1. The van der Waals surface area contributed by atoms with Gasteiger partial charge in [-0.2, -0.15) is 0 Å². The molecule has 2 bridgehead atoms. The number of ketones is 1. The number of fused-ring (bicyclic) bond motifs is 1. The smallest absolute Gasteiger partial charge is 0.187 e. The zero-order chi connectivity index (χ0) is 16.9. The fourth-order valence-electron chi connectivity index (χ4n) is 5.55. The molecule has 23 heavy (non-hydrogen) atoms. The van der Waals surface area contributed by atoms with Crippen LogP contribution in [0.25, 0.3) is 0 Å². The Morgan fingerprint density at radius 1 is 1.35 bits per heavy atom. The van der Waals surface area contributed by atoms with Crippen molar-refractivity contribution in [3.63, 3.8) is 0 Å². The van der Waals surface area contributed by atoms with E-state index in [1.165, 1.54) is 0 Å². The predicted molar refractivity (Wildman–Crippen MR) is 98.3 cm³/mol. The lowest BCUT2D eigenvalue weighted by molar-refractivity contribution is -0.125. The van der Waals surface area contributed by atoms with Gasteiger partial charge in [0.15, 0.2) is 8.32 Å².